The van der Waals surface area contributed by atoms with Crippen molar-refractivity contribution in [2.75, 3.05) is 20.3 Å². The van der Waals surface area contributed by atoms with E-state index in [1.165, 1.54) is 25.7 Å². The minimum absolute atomic E-state index is 0.250. The van der Waals surface area contributed by atoms with E-state index in [1.54, 1.807) is 6.26 Å². The summed E-state index contributed by atoms with van der Waals surface area (Å²) in [6.07, 6.45) is 7.90. The molecule has 124 valence electrons. The average Bonchev–Trinajstić information content (AvgIpc) is 3.13. The van der Waals surface area contributed by atoms with Crippen LogP contribution in [0.5, 0.6) is 0 Å². The molecule has 2 N–H and O–H groups in total. The van der Waals surface area contributed by atoms with Gasteiger partial charge in [-0.2, -0.15) is 0 Å². The second-order valence-electron chi connectivity index (χ2n) is 5.30. The van der Waals surface area contributed by atoms with Crippen molar-refractivity contribution in [3.05, 3.63) is 36.1 Å². The Labute approximate surface area is 131 Å². The maximum absolute atomic E-state index is 10.4. The number of hydrogen-bond acceptors (Lipinski definition) is 5. The molecule has 1 aliphatic heterocycles. The number of furan rings is 1. The monoisotopic (exact) mass is 310 g/mol. The van der Waals surface area contributed by atoms with Gasteiger partial charge in [0, 0.05) is 19.8 Å². The first-order valence-electron chi connectivity index (χ1n) is 7.60. The zero-order chi connectivity index (χ0) is 16.4. The summed E-state index contributed by atoms with van der Waals surface area (Å²) < 4.78 is 5.30. The number of carbonyl (C=O) groups is 1. The van der Waals surface area contributed by atoms with Gasteiger partial charge >= 0.3 is 0 Å². The van der Waals surface area contributed by atoms with Crippen molar-refractivity contribution in [1.29, 1.82) is 0 Å². The Morgan fingerprint density at radius 3 is 2.73 bits per heavy atom. The predicted molar refractivity (Wildman–Crippen MR) is 83.9 cm³/mol. The first kappa shape index (κ1) is 18.1. The topological polar surface area (TPSA) is 77.2 Å². The number of rotatable bonds is 7. The molecule has 0 bridgehead atoms. The maximum atomic E-state index is 10.4. The van der Waals surface area contributed by atoms with Crippen molar-refractivity contribution in [3.8, 4) is 0 Å². The van der Waals surface area contributed by atoms with Crippen molar-refractivity contribution < 1.29 is 19.4 Å². The number of aliphatic hydroxyl groups excluding tert-OH is 1. The highest BCUT2D eigenvalue weighted by Gasteiger charge is 2.26. The van der Waals surface area contributed by atoms with Gasteiger partial charge in [0.2, 0.25) is 0 Å². The quantitative estimate of drug-likeness (QED) is 0.595. The lowest BCUT2D eigenvalue weighted by Crippen LogP contribution is -2.28. The molecular formula is C16H26N2O4. The fourth-order valence-corrected chi connectivity index (χ4v) is 2.46. The molecule has 1 atom stereocenters. The van der Waals surface area contributed by atoms with E-state index in [0.717, 1.165) is 18.9 Å². The van der Waals surface area contributed by atoms with Crippen LogP contribution in [0.4, 0.5) is 0 Å². The molecule has 1 aromatic rings. The fraction of sp³-hybridized carbons (Fsp3) is 0.562. The van der Waals surface area contributed by atoms with Gasteiger partial charge in [-0.3, -0.25) is 4.79 Å². The van der Waals surface area contributed by atoms with Crippen LogP contribution in [-0.4, -0.2) is 46.7 Å². The van der Waals surface area contributed by atoms with Crippen molar-refractivity contribution in [2.24, 2.45) is 0 Å². The number of nitrogens with zero attached hydrogens (tertiary/aromatic N) is 2. The Bertz CT molecular complexity index is 445. The molecule has 1 unspecified atom stereocenters. The van der Waals surface area contributed by atoms with Crippen LogP contribution >= 0.6 is 0 Å². The average molecular weight is 310 g/mol. The van der Waals surface area contributed by atoms with Gasteiger partial charge in [-0.05, 0) is 18.6 Å². The molecule has 1 aliphatic rings. The molecular weight excluding hydrogens is 284 g/mol. The number of carboxylic acid groups (broad SMARTS) is 1. The summed E-state index contributed by atoms with van der Waals surface area (Å²) >= 11 is 0. The minimum Gasteiger partial charge on any atom is -0.483 e. The van der Waals surface area contributed by atoms with Gasteiger partial charge in [-0.25, -0.2) is 0 Å². The second-order valence-corrected chi connectivity index (χ2v) is 5.30. The Hall–Kier alpha value is -1.95. The molecule has 0 saturated carbocycles. The van der Waals surface area contributed by atoms with Gasteiger partial charge in [0.15, 0.2) is 6.10 Å². The maximum Gasteiger partial charge on any atom is 0.290 e. The third-order valence-electron chi connectivity index (χ3n) is 3.49. The van der Waals surface area contributed by atoms with Crippen LogP contribution in [0.2, 0.25) is 0 Å². The van der Waals surface area contributed by atoms with Crippen LogP contribution in [0.25, 0.3) is 0 Å². The van der Waals surface area contributed by atoms with Crippen LogP contribution < -0.4 is 0 Å². The standard InChI is InChI=1S/C15H24N2O2.CH2O2/c1-3-4-5-6-9-17-12-16(2)11-13(17)15(18)14-8-7-10-19-14;2-1-3/h7-8,10-11,15,18H,3-6,9,12H2,1-2H3;1H,(H,2,3). The minimum atomic E-state index is -0.661. The SMILES string of the molecule is CCCCCCN1CN(C)C=C1C(O)c1ccco1.O=CO. The Morgan fingerprint density at radius 2 is 2.14 bits per heavy atom. The van der Waals surface area contributed by atoms with Gasteiger partial charge in [0.05, 0.1) is 18.6 Å². The lowest BCUT2D eigenvalue weighted by atomic mass is 10.1. The highest BCUT2D eigenvalue weighted by atomic mass is 16.4. The second kappa shape index (κ2) is 9.89. The van der Waals surface area contributed by atoms with E-state index in [2.05, 4.69) is 16.7 Å². The summed E-state index contributed by atoms with van der Waals surface area (Å²) in [5.74, 6) is 0.611. The van der Waals surface area contributed by atoms with E-state index in [9.17, 15) is 5.11 Å². The van der Waals surface area contributed by atoms with Gasteiger partial charge in [-0.1, -0.05) is 26.2 Å². The highest BCUT2D eigenvalue weighted by Crippen LogP contribution is 2.29. The number of unbranched alkanes of at least 4 members (excludes halogenated alkanes) is 3. The molecule has 2 heterocycles. The summed E-state index contributed by atoms with van der Waals surface area (Å²) in [4.78, 5) is 12.7. The molecule has 22 heavy (non-hydrogen) atoms. The normalized spacial score (nSPS) is 15.1. The van der Waals surface area contributed by atoms with E-state index >= 15 is 0 Å². The molecule has 1 aromatic heterocycles. The first-order valence-corrected chi connectivity index (χ1v) is 7.60. The van der Waals surface area contributed by atoms with Crippen LogP contribution in [0, 0.1) is 0 Å². The molecule has 0 spiro atoms. The molecule has 0 amide bonds. The molecule has 2 rings (SSSR count). The van der Waals surface area contributed by atoms with Crippen LogP contribution in [0.3, 0.4) is 0 Å². The molecule has 6 nitrogen and oxygen atoms in total. The molecule has 0 fully saturated rings. The van der Waals surface area contributed by atoms with Gasteiger partial charge in [-0.15, -0.1) is 0 Å². The van der Waals surface area contributed by atoms with Crippen LogP contribution in [-0.2, 0) is 4.79 Å². The molecule has 0 radical (unpaired) electrons. The molecule has 0 saturated heterocycles. The summed E-state index contributed by atoms with van der Waals surface area (Å²) in [6, 6.07) is 3.63. The highest BCUT2D eigenvalue weighted by molar-refractivity contribution is 5.32. The summed E-state index contributed by atoms with van der Waals surface area (Å²) in [6.45, 7) is 3.81. The fourth-order valence-electron chi connectivity index (χ4n) is 2.46. The van der Waals surface area contributed by atoms with Crippen LogP contribution in [0.1, 0.15) is 44.5 Å². The Morgan fingerprint density at radius 1 is 1.41 bits per heavy atom. The lowest BCUT2D eigenvalue weighted by Gasteiger charge is -2.24. The first-order chi connectivity index (χ1) is 10.6. The van der Waals surface area contributed by atoms with E-state index in [4.69, 9.17) is 14.3 Å². The Balaban J connectivity index is 0.000000745. The smallest absolute Gasteiger partial charge is 0.290 e. The van der Waals surface area contributed by atoms with Gasteiger partial charge in [0.1, 0.15) is 5.76 Å². The van der Waals surface area contributed by atoms with Crippen molar-refractivity contribution >= 4 is 6.47 Å². The molecule has 0 aromatic carbocycles. The predicted octanol–water partition coefficient (Wildman–Crippen LogP) is 2.64. The van der Waals surface area contributed by atoms with Gasteiger partial charge < -0.3 is 24.4 Å². The number of hydrogen-bond donors (Lipinski definition) is 2. The molecule has 6 heteroatoms. The molecule has 0 aliphatic carbocycles. The largest absolute Gasteiger partial charge is 0.483 e. The number of aliphatic hydroxyl groups is 1. The van der Waals surface area contributed by atoms with E-state index in [-0.39, 0.29) is 6.47 Å². The lowest BCUT2D eigenvalue weighted by molar-refractivity contribution is -0.122. The van der Waals surface area contributed by atoms with Crippen molar-refractivity contribution in [1.82, 2.24) is 9.80 Å². The van der Waals surface area contributed by atoms with E-state index in [1.807, 2.05) is 25.4 Å². The third-order valence-corrected chi connectivity index (χ3v) is 3.49. The van der Waals surface area contributed by atoms with Crippen LogP contribution in [0.15, 0.2) is 34.7 Å². The van der Waals surface area contributed by atoms with E-state index in [0.29, 0.717) is 5.76 Å². The summed E-state index contributed by atoms with van der Waals surface area (Å²) in [5, 5.41) is 17.3. The zero-order valence-electron chi connectivity index (χ0n) is 13.3. The van der Waals surface area contributed by atoms with Crippen molar-refractivity contribution in [3.63, 3.8) is 0 Å². The summed E-state index contributed by atoms with van der Waals surface area (Å²) in [5.41, 5.74) is 0.939. The zero-order valence-corrected chi connectivity index (χ0v) is 13.3. The van der Waals surface area contributed by atoms with Gasteiger partial charge in [0.25, 0.3) is 6.47 Å². The summed E-state index contributed by atoms with van der Waals surface area (Å²) in [7, 11) is 2.03. The third kappa shape index (κ3) is 5.44. The van der Waals surface area contributed by atoms with Crippen molar-refractivity contribution in [2.45, 2.75) is 38.7 Å². The van der Waals surface area contributed by atoms with E-state index < -0.39 is 6.10 Å². The Kier molecular flexibility index (Phi) is 8.14.